The monoisotopic (exact) mass is 633 g/mol. The quantitative estimate of drug-likeness (QED) is 0.299. The van der Waals surface area contributed by atoms with Gasteiger partial charge in [-0.25, -0.2) is 0 Å². The van der Waals surface area contributed by atoms with Crippen molar-refractivity contribution in [2.45, 2.75) is 42.4 Å². The number of likely N-dealkylation sites (tertiary alicyclic amines) is 1. The number of para-hydroxylation sites is 1. The molecule has 10 nitrogen and oxygen atoms in total. The van der Waals surface area contributed by atoms with E-state index < -0.39 is 17.8 Å². The lowest BCUT2D eigenvalue weighted by Gasteiger charge is -2.43. The zero-order valence-electron chi connectivity index (χ0n) is 23.9. The molecule has 12 heteroatoms. The molecule has 0 radical (unpaired) electrons. The van der Waals surface area contributed by atoms with Crippen molar-refractivity contribution in [2.75, 3.05) is 18.5 Å². The number of carbonyl (C=O) groups excluding carboxylic acids is 3. The lowest BCUT2D eigenvalue weighted by molar-refractivity contribution is -0.142. The van der Waals surface area contributed by atoms with Crippen molar-refractivity contribution in [3.8, 4) is 5.75 Å². The molecule has 2 bridgehead atoms. The van der Waals surface area contributed by atoms with Crippen LogP contribution in [-0.2, 0) is 19.2 Å². The van der Waals surface area contributed by atoms with Crippen molar-refractivity contribution in [3.05, 3.63) is 74.2 Å². The molecule has 4 aliphatic rings. The number of benzene rings is 2. The Morgan fingerprint density at radius 1 is 1.07 bits per heavy atom. The van der Waals surface area contributed by atoms with E-state index in [0.717, 1.165) is 33.1 Å². The first-order chi connectivity index (χ1) is 21.2. The summed E-state index contributed by atoms with van der Waals surface area (Å²) in [5.74, 6) is -2.10. The molecule has 228 valence electrons. The maximum Gasteiger partial charge on any atom is 0.305 e. The van der Waals surface area contributed by atoms with Crippen LogP contribution in [0.2, 0.25) is 0 Å². The van der Waals surface area contributed by atoms with Crippen LogP contribution >= 0.6 is 23.1 Å². The second kappa shape index (κ2) is 11.2. The number of anilines is 1. The third-order valence-electron chi connectivity index (χ3n) is 9.59. The van der Waals surface area contributed by atoms with Crippen molar-refractivity contribution in [2.24, 2.45) is 29.6 Å². The Hall–Kier alpha value is -3.90. The Balaban J connectivity index is 1.14. The summed E-state index contributed by atoms with van der Waals surface area (Å²) in [4.78, 5) is 68.4. The Morgan fingerprint density at radius 3 is 2.61 bits per heavy atom. The maximum absolute atomic E-state index is 13.6. The number of carboxylic acids is 1. The lowest BCUT2D eigenvalue weighted by atomic mass is 9.68. The molecule has 44 heavy (non-hydrogen) atoms. The molecular weight excluding hydrogens is 603 g/mol. The van der Waals surface area contributed by atoms with E-state index in [1.54, 1.807) is 17.8 Å². The highest BCUT2D eigenvalue weighted by molar-refractivity contribution is 8.00. The van der Waals surface area contributed by atoms with E-state index in [-0.39, 0.29) is 77.5 Å². The third-order valence-corrected chi connectivity index (χ3v) is 12.2. The summed E-state index contributed by atoms with van der Waals surface area (Å²) in [6, 6.07) is 15.1. The summed E-state index contributed by atoms with van der Waals surface area (Å²) >= 11 is 2.80. The molecule has 0 spiro atoms. The molecule has 1 saturated heterocycles. The molecule has 6 unspecified atom stereocenters. The standard InChI is InChI=1S/C32H31N3O7S2/c1-15-6-2-3-9-20(15)33-21(36)14-42-17-8-4-7-16(12-17)23-24-18-13-19(27(24)43-29-28(23)44-32(41)34-29)26-25(18)30(39)35(31(26)40)11-5-10-22(37)38/h2-4,6-9,12,18-19,23-27H,5,10-11,13-14H2,1H3,(H,33,36)(H,34,41)(H,37,38)/t18?,19?,23-,24?,25?,26?,27?/m1/s1. The molecule has 3 N–H and O–H groups in total. The van der Waals surface area contributed by atoms with Crippen LogP contribution in [0.5, 0.6) is 5.75 Å². The Bertz CT molecular complexity index is 1730. The van der Waals surface area contributed by atoms with Gasteiger partial charge in [-0.3, -0.25) is 28.9 Å². The number of aromatic nitrogens is 1. The number of amides is 3. The van der Waals surface area contributed by atoms with Gasteiger partial charge in [-0.1, -0.05) is 41.7 Å². The van der Waals surface area contributed by atoms with Gasteiger partial charge in [0.1, 0.15) is 5.75 Å². The number of thioether (sulfide) groups is 1. The largest absolute Gasteiger partial charge is 0.484 e. The first-order valence-corrected chi connectivity index (χ1v) is 16.5. The number of imide groups is 1. The molecule has 1 aromatic heterocycles. The normalized spacial score (nSPS) is 28.0. The highest BCUT2D eigenvalue weighted by Gasteiger charge is 2.69. The zero-order chi connectivity index (χ0) is 30.7. The van der Waals surface area contributed by atoms with Crippen LogP contribution in [0.15, 0.2) is 58.4 Å². The van der Waals surface area contributed by atoms with Crippen molar-refractivity contribution < 1.29 is 29.0 Å². The van der Waals surface area contributed by atoms with Crippen molar-refractivity contribution in [3.63, 3.8) is 0 Å². The first-order valence-electron chi connectivity index (χ1n) is 14.8. The van der Waals surface area contributed by atoms with Crippen LogP contribution in [0.3, 0.4) is 0 Å². The molecule has 2 aliphatic heterocycles. The summed E-state index contributed by atoms with van der Waals surface area (Å²) in [5.41, 5.74) is 2.62. The predicted molar refractivity (Wildman–Crippen MR) is 164 cm³/mol. The van der Waals surface area contributed by atoms with Crippen LogP contribution in [0.1, 0.15) is 41.2 Å². The van der Waals surface area contributed by atoms with E-state index in [9.17, 15) is 24.0 Å². The Labute approximate surface area is 261 Å². The molecule has 7 rings (SSSR count). The number of hydrogen-bond donors (Lipinski definition) is 3. The minimum absolute atomic E-state index is 0.00968. The second-order valence-corrected chi connectivity index (χ2v) is 14.2. The Morgan fingerprint density at radius 2 is 1.84 bits per heavy atom. The van der Waals surface area contributed by atoms with Crippen LogP contribution < -0.4 is 14.9 Å². The molecule has 3 heterocycles. The fraction of sp³-hybridized carbons (Fsp3) is 0.406. The number of aryl methyl sites for hydroxylation is 1. The van der Waals surface area contributed by atoms with Gasteiger partial charge in [-0.05, 0) is 66.8 Å². The number of aliphatic carboxylic acids is 1. The fourth-order valence-corrected chi connectivity index (χ4v) is 10.8. The van der Waals surface area contributed by atoms with Gasteiger partial charge in [0.25, 0.3) is 5.91 Å². The van der Waals surface area contributed by atoms with E-state index in [1.807, 2.05) is 49.4 Å². The van der Waals surface area contributed by atoms with Gasteiger partial charge in [0.15, 0.2) is 6.61 Å². The second-order valence-electron chi connectivity index (χ2n) is 12.0. The number of carboxylic acid groups (broad SMARTS) is 1. The number of nitrogens with one attached hydrogen (secondary N) is 2. The average molecular weight is 634 g/mol. The maximum atomic E-state index is 13.6. The summed E-state index contributed by atoms with van der Waals surface area (Å²) in [6.07, 6.45) is 0.908. The van der Waals surface area contributed by atoms with E-state index in [0.29, 0.717) is 5.75 Å². The number of carbonyl (C=O) groups is 4. The van der Waals surface area contributed by atoms with E-state index in [1.165, 1.54) is 16.2 Å². The van der Waals surface area contributed by atoms with E-state index in [2.05, 4.69) is 10.3 Å². The average Bonchev–Trinajstić information content (AvgIpc) is 3.73. The molecule has 3 aromatic rings. The first kappa shape index (κ1) is 28.8. The van der Waals surface area contributed by atoms with E-state index in [4.69, 9.17) is 9.84 Å². The summed E-state index contributed by atoms with van der Waals surface area (Å²) in [5, 5.41) is 12.8. The van der Waals surface area contributed by atoms with Crippen LogP contribution in [0, 0.1) is 36.5 Å². The Kier molecular flexibility index (Phi) is 7.36. The fourth-order valence-electron chi connectivity index (χ4n) is 7.91. The van der Waals surface area contributed by atoms with E-state index >= 15 is 0 Å². The van der Waals surface area contributed by atoms with Crippen LogP contribution in [-0.4, -0.2) is 57.1 Å². The van der Waals surface area contributed by atoms with Gasteiger partial charge < -0.3 is 20.1 Å². The minimum atomic E-state index is -0.951. The SMILES string of the molecule is Cc1ccccc1NC(=O)COc1cccc([C@H]2c3sc(=O)[nH]c3SC3C4CC(C5C(=O)N(CCCC(=O)O)C(=O)C45)C32)c1. The number of nitrogens with zero attached hydrogens (tertiary/aromatic N) is 1. The molecule has 7 atom stereocenters. The van der Waals surface area contributed by atoms with Gasteiger partial charge >= 0.3 is 10.8 Å². The van der Waals surface area contributed by atoms with Crippen LogP contribution in [0.25, 0.3) is 0 Å². The number of H-pyrrole nitrogens is 1. The van der Waals surface area contributed by atoms with Gasteiger partial charge in [0.05, 0.1) is 16.9 Å². The molecular formula is C32H31N3O7S2. The summed E-state index contributed by atoms with van der Waals surface area (Å²) < 4.78 is 5.92. The minimum Gasteiger partial charge on any atom is -0.484 e. The number of fused-ring (bicyclic) bond motifs is 9. The predicted octanol–water partition coefficient (Wildman–Crippen LogP) is 4.10. The van der Waals surface area contributed by atoms with Gasteiger partial charge in [-0.2, -0.15) is 0 Å². The number of thiazole rings is 1. The molecule has 2 saturated carbocycles. The summed E-state index contributed by atoms with van der Waals surface area (Å²) in [6.45, 7) is 1.87. The van der Waals surface area contributed by atoms with Crippen LogP contribution in [0.4, 0.5) is 5.69 Å². The van der Waals surface area contributed by atoms with Crippen molar-refractivity contribution in [1.82, 2.24) is 9.88 Å². The van der Waals surface area contributed by atoms with Gasteiger partial charge in [0.2, 0.25) is 11.8 Å². The lowest BCUT2D eigenvalue weighted by Crippen LogP contribution is -2.42. The third kappa shape index (κ3) is 4.84. The molecule has 3 amide bonds. The number of rotatable bonds is 9. The number of aromatic amines is 1. The van der Waals surface area contributed by atoms with Crippen molar-refractivity contribution >= 4 is 52.5 Å². The van der Waals surface area contributed by atoms with Gasteiger partial charge in [-0.15, -0.1) is 11.8 Å². The smallest absolute Gasteiger partial charge is 0.305 e. The molecule has 2 aliphatic carbocycles. The summed E-state index contributed by atoms with van der Waals surface area (Å²) in [7, 11) is 0. The topological polar surface area (TPSA) is 146 Å². The zero-order valence-corrected chi connectivity index (χ0v) is 25.5. The number of hydrogen-bond acceptors (Lipinski definition) is 8. The van der Waals surface area contributed by atoms with Crippen molar-refractivity contribution in [1.29, 1.82) is 0 Å². The number of ether oxygens (including phenoxy) is 1. The van der Waals surface area contributed by atoms with Gasteiger partial charge in [0, 0.05) is 34.7 Å². The molecule has 2 aromatic carbocycles. The highest BCUT2D eigenvalue weighted by Crippen LogP contribution is 2.68. The highest BCUT2D eigenvalue weighted by atomic mass is 32.2. The molecule has 3 fully saturated rings.